The maximum atomic E-state index is 13.0. The van der Waals surface area contributed by atoms with E-state index in [2.05, 4.69) is 22.4 Å². The van der Waals surface area contributed by atoms with E-state index in [9.17, 15) is 9.59 Å². The molecule has 2 aromatic carbocycles. The van der Waals surface area contributed by atoms with Gasteiger partial charge >= 0.3 is 5.97 Å². The topological polar surface area (TPSA) is 95.3 Å². The van der Waals surface area contributed by atoms with Gasteiger partial charge in [-0.2, -0.15) is 0 Å². The minimum absolute atomic E-state index is 0.112. The van der Waals surface area contributed by atoms with Crippen molar-refractivity contribution in [2.75, 3.05) is 24.8 Å². The molecule has 0 atom stereocenters. The molecule has 0 aliphatic heterocycles. The van der Waals surface area contributed by atoms with Gasteiger partial charge in [0.2, 0.25) is 5.91 Å². The molecular weight excluding hydrogens is 532 g/mol. The van der Waals surface area contributed by atoms with E-state index in [0.29, 0.717) is 28.9 Å². The normalized spacial score (nSPS) is 10.9. The van der Waals surface area contributed by atoms with Crippen LogP contribution in [0.2, 0.25) is 0 Å². The van der Waals surface area contributed by atoms with Gasteiger partial charge in [-0.15, -0.1) is 21.5 Å². The van der Waals surface area contributed by atoms with E-state index >= 15 is 0 Å². The van der Waals surface area contributed by atoms with E-state index in [4.69, 9.17) is 9.47 Å². The smallest absolute Gasteiger partial charge is 0.341 e. The number of anilines is 1. The van der Waals surface area contributed by atoms with Gasteiger partial charge in [-0.25, -0.2) is 4.79 Å². The standard InChI is InChI=1S/C29H32N4O4S2/c1-5-7-17-37-22-15-13-21(14-16-22)26-31-32-29(33(26)6-2)38-18-23(34)30-27-25(28(35)36-4)24(19(3)39-27)20-11-9-8-10-12-20/h8-16H,5-7,17-18H2,1-4H3,(H,30,34). The highest BCUT2D eigenvalue weighted by atomic mass is 32.2. The van der Waals surface area contributed by atoms with Crippen LogP contribution < -0.4 is 10.1 Å². The van der Waals surface area contributed by atoms with Crippen molar-refractivity contribution in [3.8, 4) is 28.3 Å². The second-order valence-electron chi connectivity index (χ2n) is 8.71. The average Bonchev–Trinajstić information content (AvgIpc) is 3.52. The molecule has 39 heavy (non-hydrogen) atoms. The summed E-state index contributed by atoms with van der Waals surface area (Å²) in [6.45, 7) is 7.43. The Morgan fingerprint density at radius 2 is 1.77 bits per heavy atom. The van der Waals surface area contributed by atoms with Crippen LogP contribution in [-0.4, -0.2) is 46.1 Å². The molecule has 0 radical (unpaired) electrons. The Morgan fingerprint density at radius 1 is 1.03 bits per heavy atom. The van der Waals surface area contributed by atoms with Crippen molar-refractivity contribution in [3.05, 3.63) is 65.0 Å². The first-order valence-corrected chi connectivity index (χ1v) is 14.6. The fourth-order valence-electron chi connectivity index (χ4n) is 4.10. The molecule has 4 rings (SSSR count). The summed E-state index contributed by atoms with van der Waals surface area (Å²) in [7, 11) is 1.34. The Labute approximate surface area is 236 Å². The molecule has 1 N–H and O–H groups in total. The van der Waals surface area contributed by atoms with Crippen LogP contribution in [0.4, 0.5) is 5.00 Å². The Hall–Kier alpha value is -3.63. The van der Waals surface area contributed by atoms with E-state index in [1.165, 1.54) is 30.2 Å². The minimum atomic E-state index is -0.488. The molecule has 0 aliphatic rings. The van der Waals surface area contributed by atoms with E-state index in [-0.39, 0.29) is 11.7 Å². The van der Waals surface area contributed by atoms with Gasteiger partial charge in [-0.1, -0.05) is 55.4 Å². The van der Waals surface area contributed by atoms with Crippen LogP contribution in [0.3, 0.4) is 0 Å². The first-order chi connectivity index (χ1) is 19.0. The van der Waals surface area contributed by atoms with Crippen LogP contribution in [0.5, 0.6) is 5.75 Å². The number of rotatable bonds is 12. The van der Waals surface area contributed by atoms with Crippen LogP contribution in [0.25, 0.3) is 22.5 Å². The van der Waals surface area contributed by atoms with Crippen molar-refractivity contribution < 1.29 is 19.1 Å². The van der Waals surface area contributed by atoms with Gasteiger partial charge in [0, 0.05) is 22.5 Å². The van der Waals surface area contributed by atoms with Crippen LogP contribution >= 0.6 is 23.1 Å². The first kappa shape index (κ1) is 28.4. The number of thiophene rings is 1. The third-order valence-electron chi connectivity index (χ3n) is 6.03. The Kier molecular flexibility index (Phi) is 9.78. The highest BCUT2D eigenvalue weighted by Crippen LogP contribution is 2.40. The van der Waals surface area contributed by atoms with Crippen molar-refractivity contribution in [1.82, 2.24) is 14.8 Å². The number of aryl methyl sites for hydroxylation is 1. The van der Waals surface area contributed by atoms with E-state index in [1.807, 2.05) is 73.0 Å². The highest BCUT2D eigenvalue weighted by Gasteiger charge is 2.25. The number of benzene rings is 2. The number of thioether (sulfide) groups is 1. The molecular formula is C29H32N4O4S2. The van der Waals surface area contributed by atoms with Gasteiger partial charge in [-0.05, 0) is 50.1 Å². The van der Waals surface area contributed by atoms with Crippen molar-refractivity contribution in [1.29, 1.82) is 0 Å². The summed E-state index contributed by atoms with van der Waals surface area (Å²) in [6, 6.07) is 17.4. The van der Waals surface area contributed by atoms with E-state index in [0.717, 1.165) is 46.0 Å². The Bertz CT molecular complexity index is 1420. The SMILES string of the molecule is CCCCOc1ccc(-c2nnc(SCC(=O)Nc3sc(C)c(-c4ccccc4)c3C(=O)OC)n2CC)cc1. The number of aromatic nitrogens is 3. The van der Waals surface area contributed by atoms with Crippen LogP contribution in [-0.2, 0) is 16.1 Å². The molecule has 4 aromatic rings. The molecule has 2 aromatic heterocycles. The molecule has 0 aliphatic carbocycles. The van der Waals surface area contributed by atoms with Gasteiger partial charge in [0.15, 0.2) is 11.0 Å². The summed E-state index contributed by atoms with van der Waals surface area (Å²) < 4.78 is 12.8. The molecule has 204 valence electrons. The number of methoxy groups -OCH3 is 1. The van der Waals surface area contributed by atoms with Crippen molar-refractivity contribution in [2.45, 2.75) is 45.3 Å². The summed E-state index contributed by atoms with van der Waals surface area (Å²) >= 11 is 2.66. The lowest BCUT2D eigenvalue weighted by Crippen LogP contribution is -2.16. The molecule has 0 fully saturated rings. The predicted molar refractivity (Wildman–Crippen MR) is 157 cm³/mol. The fourth-order valence-corrected chi connectivity index (χ4v) is 5.99. The number of amides is 1. The summed E-state index contributed by atoms with van der Waals surface area (Å²) in [5, 5.41) is 12.8. The molecule has 0 saturated carbocycles. The van der Waals surface area contributed by atoms with Gasteiger partial charge in [-0.3, -0.25) is 4.79 Å². The third-order valence-corrected chi connectivity index (χ3v) is 8.02. The highest BCUT2D eigenvalue weighted by molar-refractivity contribution is 7.99. The number of hydrogen-bond acceptors (Lipinski definition) is 8. The van der Waals surface area contributed by atoms with E-state index in [1.54, 1.807) is 0 Å². The summed E-state index contributed by atoms with van der Waals surface area (Å²) in [6.07, 6.45) is 2.11. The van der Waals surface area contributed by atoms with Crippen molar-refractivity contribution in [3.63, 3.8) is 0 Å². The lowest BCUT2D eigenvalue weighted by atomic mass is 10.0. The predicted octanol–water partition coefficient (Wildman–Crippen LogP) is 6.70. The van der Waals surface area contributed by atoms with Crippen molar-refractivity contribution in [2.24, 2.45) is 0 Å². The lowest BCUT2D eigenvalue weighted by molar-refractivity contribution is -0.113. The second-order valence-corrected chi connectivity index (χ2v) is 10.9. The van der Waals surface area contributed by atoms with Crippen LogP contribution in [0, 0.1) is 6.92 Å². The minimum Gasteiger partial charge on any atom is -0.494 e. The zero-order chi connectivity index (χ0) is 27.8. The first-order valence-electron chi connectivity index (χ1n) is 12.8. The molecule has 2 heterocycles. The van der Waals surface area contributed by atoms with Gasteiger partial charge < -0.3 is 19.4 Å². The number of carbonyl (C=O) groups excluding carboxylic acids is 2. The van der Waals surface area contributed by atoms with E-state index < -0.39 is 5.97 Å². The number of unbranched alkanes of at least 4 members (excludes halogenated alkanes) is 1. The number of ether oxygens (including phenoxy) is 2. The Morgan fingerprint density at radius 3 is 2.44 bits per heavy atom. The lowest BCUT2D eigenvalue weighted by Gasteiger charge is -2.09. The zero-order valence-electron chi connectivity index (χ0n) is 22.5. The summed E-state index contributed by atoms with van der Waals surface area (Å²) in [5.74, 6) is 0.937. The summed E-state index contributed by atoms with van der Waals surface area (Å²) in [5.41, 5.74) is 2.96. The molecule has 10 heteroatoms. The molecule has 1 amide bonds. The maximum Gasteiger partial charge on any atom is 0.341 e. The maximum absolute atomic E-state index is 13.0. The number of carbonyl (C=O) groups is 2. The average molecular weight is 565 g/mol. The number of nitrogens with one attached hydrogen (secondary N) is 1. The largest absolute Gasteiger partial charge is 0.494 e. The molecule has 0 spiro atoms. The molecule has 0 bridgehead atoms. The van der Waals surface area contributed by atoms with Crippen molar-refractivity contribution >= 4 is 40.0 Å². The molecule has 0 unspecified atom stereocenters. The van der Waals surface area contributed by atoms with Crippen LogP contribution in [0.1, 0.15) is 41.9 Å². The monoisotopic (exact) mass is 564 g/mol. The van der Waals surface area contributed by atoms with Gasteiger partial charge in [0.05, 0.1) is 19.5 Å². The van der Waals surface area contributed by atoms with Gasteiger partial charge in [0.1, 0.15) is 16.3 Å². The number of esters is 1. The van der Waals surface area contributed by atoms with Crippen LogP contribution in [0.15, 0.2) is 59.8 Å². The second kappa shape index (κ2) is 13.4. The third kappa shape index (κ3) is 6.69. The fraction of sp³-hybridized carbons (Fsp3) is 0.310. The Balaban J connectivity index is 1.47. The summed E-state index contributed by atoms with van der Waals surface area (Å²) in [4.78, 5) is 26.6. The number of nitrogens with zero attached hydrogens (tertiary/aromatic N) is 3. The van der Waals surface area contributed by atoms with Gasteiger partial charge in [0.25, 0.3) is 0 Å². The zero-order valence-corrected chi connectivity index (χ0v) is 24.2. The molecule has 0 saturated heterocycles. The quantitative estimate of drug-likeness (QED) is 0.116. The molecule has 8 nitrogen and oxygen atoms in total. The number of hydrogen-bond donors (Lipinski definition) is 1.